The highest BCUT2D eigenvalue weighted by molar-refractivity contribution is 5.30. The molecule has 1 aromatic carbocycles. The van der Waals surface area contributed by atoms with Crippen LogP contribution in [-0.4, -0.2) is 6.54 Å². The molecule has 1 heteroatoms. The van der Waals surface area contributed by atoms with Gasteiger partial charge < -0.3 is 5.73 Å². The predicted molar refractivity (Wildman–Crippen MR) is 78.7 cm³/mol. The maximum absolute atomic E-state index is 5.76. The van der Waals surface area contributed by atoms with Crippen LogP contribution in [0.5, 0.6) is 0 Å². The lowest BCUT2D eigenvalue weighted by atomic mass is 9.74. The van der Waals surface area contributed by atoms with E-state index >= 15 is 0 Å². The van der Waals surface area contributed by atoms with Crippen LogP contribution < -0.4 is 5.73 Å². The van der Waals surface area contributed by atoms with E-state index in [0.717, 1.165) is 18.4 Å². The monoisotopic (exact) mass is 245 g/mol. The summed E-state index contributed by atoms with van der Waals surface area (Å²) in [5, 5.41) is 0. The van der Waals surface area contributed by atoms with Crippen LogP contribution in [0.15, 0.2) is 18.2 Å². The Morgan fingerprint density at radius 3 is 2.50 bits per heavy atom. The molecule has 100 valence electrons. The molecular weight excluding hydrogens is 218 g/mol. The fourth-order valence-corrected chi connectivity index (χ4v) is 3.50. The van der Waals surface area contributed by atoms with Crippen molar-refractivity contribution in [2.45, 2.75) is 52.4 Å². The van der Waals surface area contributed by atoms with Crippen molar-refractivity contribution in [3.05, 3.63) is 34.9 Å². The summed E-state index contributed by atoms with van der Waals surface area (Å²) in [6.07, 6.45) is 8.10. The van der Waals surface area contributed by atoms with Crippen LogP contribution in [0.4, 0.5) is 0 Å². The summed E-state index contributed by atoms with van der Waals surface area (Å²) in [5.74, 6) is 1.73. The summed E-state index contributed by atoms with van der Waals surface area (Å²) in [4.78, 5) is 0. The largest absolute Gasteiger partial charge is 0.330 e. The van der Waals surface area contributed by atoms with Crippen LogP contribution in [0.3, 0.4) is 0 Å². The Kier molecular flexibility index (Phi) is 4.82. The second-order valence-corrected chi connectivity index (χ2v) is 6.02. The van der Waals surface area contributed by atoms with E-state index in [0.29, 0.717) is 0 Å². The number of aryl methyl sites for hydroxylation is 2. The van der Waals surface area contributed by atoms with Crippen molar-refractivity contribution in [2.24, 2.45) is 17.6 Å². The smallest absolute Gasteiger partial charge is 0.00745 e. The topological polar surface area (TPSA) is 26.0 Å². The Hall–Kier alpha value is -0.820. The van der Waals surface area contributed by atoms with E-state index in [9.17, 15) is 0 Å². The second-order valence-electron chi connectivity index (χ2n) is 6.02. The molecule has 2 unspecified atom stereocenters. The molecule has 0 heterocycles. The molecule has 18 heavy (non-hydrogen) atoms. The quantitative estimate of drug-likeness (QED) is 0.852. The number of benzene rings is 1. The summed E-state index contributed by atoms with van der Waals surface area (Å²) in [7, 11) is 0. The molecule has 1 saturated carbocycles. The van der Waals surface area contributed by atoms with E-state index in [-0.39, 0.29) is 0 Å². The van der Waals surface area contributed by atoms with Gasteiger partial charge in [0.15, 0.2) is 0 Å². The van der Waals surface area contributed by atoms with E-state index in [1.165, 1.54) is 49.7 Å². The second kappa shape index (κ2) is 6.38. The summed E-state index contributed by atoms with van der Waals surface area (Å²) in [6, 6.07) is 6.90. The molecule has 0 amide bonds. The van der Waals surface area contributed by atoms with Crippen molar-refractivity contribution in [3.8, 4) is 0 Å². The van der Waals surface area contributed by atoms with E-state index in [1.807, 2.05) is 0 Å². The molecule has 1 aliphatic carbocycles. The highest BCUT2D eigenvalue weighted by Gasteiger charge is 2.24. The van der Waals surface area contributed by atoms with E-state index in [2.05, 4.69) is 32.0 Å². The van der Waals surface area contributed by atoms with Gasteiger partial charge in [-0.15, -0.1) is 0 Å². The number of hydrogen-bond acceptors (Lipinski definition) is 1. The zero-order valence-corrected chi connectivity index (χ0v) is 11.9. The zero-order chi connectivity index (χ0) is 13.0. The number of nitrogens with two attached hydrogens (primary N) is 1. The maximum Gasteiger partial charge on any atom is -0.00745 e. The average molecular weight is 245 g/mol. The van der Waals surface area contributed by atoms with Crippen molar-refractivity contribution in [3.63, 3.8) is 0 Å². The minimum absolute atomic E-state index is 0.855. The molecule has 2 rings (SSSR count). The lowest BCUT2D eigenvalue weighted by Crippen LogP contribution is -2.24. The Bertz CT molecular complexity index is 381. The standard InChI is InChI=1S/C17H27N/c1-13-7-8-16(14(2)11-13)12-17-6-4-3-5-15(17)9-10-18/h7-8,11,15,17H,3-6,9-10,12,18H2,1-2H3. The lowest BCUT2D eigenvalue weighted by molar-refractivity contribution is 0.225. The molecule has 2 atom stereocenters. The van der Waals surface area contributed by atoms with E-state index < -0.39 is 0 Å². The van der Waals surface area contributed by atoms with Gasteiger partial charge in [-0.2, -0.15) is 0 Å². The predicted octanol–water partition coefficient (Wildman–Crippen LogP) is 4.00. The third kappa shape index (κ3) is 3.35. The number of rotatable bonds is 4. The third-order valence-electron chi connectivity index (χ3n) is 4.58. The van der Waals surface area contributed by atoms with Crippen molar-refractivity contribution in [1.29, 1.82) is 0 Å². The molecule has 0 bridgehead atoms. The van der Waals surface area contributed by atoms with E-state index in [4.69, 9.17) is 5.73 Å². The molecule has 1 aromatic rings. The molecule has 0 aromatic heterocycles. The molecule has 0 aliphatic heterocycles. The summed E-state index contributed by atoms with van der Waals surface area (Å²) in [6.45, 7) is 5.28. The van der Waals surface area contributed by atoms with Gasteiger partial charge in [-0.05, 0) is 62.6 Å². The molecule has 0 saturated heterocycles. The van der Waals surface area contributed by atoms with Gasteiger partial charge in [-0.3, -0.25) is 0 Å². The SMILES string of the molecule is Cc1ccc(CC2CCCCC2CCN)c(C)c1. The molecule has 0 spiro atoms. The van der Waals surface area contributed by atoms with Crippen LogP contribution in [0.1, 0.15) is 48.8 Å². The lowest BCUT2D eigenvalue weighted by Gasteiger charge is -2.32. The first-order chi connectivity index (χ1) is 8.70. The third-order valence-corrected chi connectivity index (χ3v) is 4.58. The minimum atomic E-state index is 0.855. The molecule has 1 fully saturated rings. The van der Waals surface area contributed by atoms with Crippen molar-refractivity contribution in [2.75, 3.05) is 6.54 Å². The first kappa shape index (κ1) is 13.6. The van der Waals surface area contributed by atoms with Crippen LogP contribution in [0.25, 0.3) is 0 Å². The van der Waals surface area contributed by atoms with Crippen molar-refractivity contribution >= 4 is 0 Å². The van der Waals surface area contributed by atoms with Gasteiger partial charge >= 0.3 is 0 Å². The average Bonchev–Trinajstić information content (AvgIpc) is 2.35. The summed E-state index contributed by atoms with van der Waals surface area (Å²) >= 11 is 0. The Morgan fingerprint density at radius 2 is 1.83 bits per heavy atom. The first-order valence-electron chi connectivity index (χ1n) is 7.47. The molecule has 1 nitrogen and oxygen atoms in total. The molecule has 1 aliphatic rings. The first-order valence-corrected chi connectivity index (χ1v) is 7.47. The van der Waals surface area contributed by atoms with Crippen LogP contribution in [0, 0.1) is 25.7 Å². The van der Waals surface area contributed by atoms with Gasteiger partial charge in [0.1, 0.15) is 0 Å². The maximum atomic E-state index is 5.76. The van der Waals surface area contributed by atoms with E-state index in [1.54, 1.807) is 5.56 Å². The van der Waals surface area contributed by atoms with Gasteiger partial charge in [0.05, 0.1) is 0 Å². The van der Waals surface area contributed by atoms with Gasteiger partial charge in [-0.25, -0.2) is 0 Å². The van der Waals surface area contributed by atoms with Crippen LogP contribution in [-0.2, 0) is 6.42 Å². The van der Waals surface area contributed by atoms with Gasteiger partial charge in [-0.1, -0.05) is 43.0 Å². The van der Waals surface area contributed by atoms with Crippen LogP contribution in [0.2, 0.25) is 0 Å². The highest BCUT2D eigenvalue weighted by Crippen LogP contribution is 2.34. The zero-order valence-electron chi connectivity index (χ0n) is 11.9. The van der Waals surface area contributed by atoms with Gasteiger partial charge in [0, 0.05) is 0 Å². The summed E-state index contributed by atoms with van der Waals surface area (Å²) in [5.41, 5.74) is 10.2. The van der Waals surface area contributed by atoms with Crippen molar-refractivity contribution in [1.82, 2.24) is 0 Å². The highest BCUT2D eigenvalue weighted by atomic mass is 14.5. The van der Waals surface area contributed by atoms with Gasteiger partial charge in [0.25, 0.3) is 0 Å². The Morgan fingerprint density at radius 1 is 1.11 bits per heavy atom. The fourth-order valence-electron chi connectivity index (χ4n) is 3.50. The summed E-state index contributed by atoms with van der Waals surface area (Å²) < 4.78 is 0. The van der Waals surface area contributed by atoms with Gasteiger partial charge in [0.2, 0.25) is 0 Å². The number of hydrogen-bond donors (Lipinski definition) is 1. The van der Waals surface area contributed by atoms with Crippen LogP contribution >= 0.6 is 0 Å². The molecule has 0 radical (unpaired) electrons. The molecule has 2 N–H and O–H groups in total. The normalized spacial score (nSPS) is 24.2. The fraction of sp³-hybridized carbons (Fsp3) is 0.647. The Labute approximate surface area is 112 Å². The molecular formula is C17H27N. The Balaban J connectivity index is 2.06. The minimum Gasteiger partial charge on any atom is -0.330 e. The van der Waals surface area contributed by atoms with Crippen molar-refractivity contribution < 1.29 is 0 Å².